The molecule has 0 unspecified atom stereocenters. The van der Waals surface area contributed by atoms with Gasteiger partial charge in [0.2, 0.25) is 0 Å². The smallest absolute Gasteiger partial charge is 0.252 e. The standard InChI is InChI=1S/C16H15Br2NO/c1-2-11-3-5-12(6-4-11)10-19-16(20)14-8-7-13(17)9-15(14)18/h3-9H,2,10H2,1H3,(H,19,20). The second kappa shape index (κ2) is 7.04. The lowest BCUT2D eigenvalue weighted by atomic mass is 10.1. The summed E-state index contributed by atoms with van der Waals surface area (Å²) in [4.78, 5) is 12.1. The highest BCUT2D eigenvalue weighted by Crippen LogP contribution is 2.21. The van der Waals surface area contributed by atoms with Crippen molar-refractivity contribution >= 4 is 37.8 Å². The Morgan fingerprint density at radius 3 is 2.30 bits per heavy atom. The Bertz CT molecular complexity index is 608. The molecule has 4 heteroatoms. The zero-order valence-corrected chi connectivity index (χ0v) is 14.3. The van der Waals surface area contributed by atoms with Gasteiger partial charge in [-0.25, -0.2) is 0 Å². The Hall–Kier alpha value is -1.13. The molecule has 0 spiro atoms. The van der Waals surface area contributed by atoms with Crippen LogP contribution >= 0.6 is 31.9 Å². The third kappa shape index (κ3) is 3.93. The van der Waals surface area contributed by atoms with Crippen molar-refractivity contribution in [3.63, 3.8) is 0 Å². The van der Waals surface area contributed by atoms with Gasteiger partial charge in [-0.3, -0.25) is 4.79 Å². The van der Waals surface area contributed by atoms with Gasteiger partial charge >= 0.3 is 0 Å². The van der Waals surface area contributed by atoms with E-state index in [1.165, 1.54) is 5.56 Å². The minimum absolute atomic E-state index is 0.0797. The van der Waals surface area contributed by atoms with Gasteiger partial charge in [-0.05, 0) is 51.7 Å². The van der Waals surface area contributed by atoms with Gasteiger partial charge in [0.25, 0.3) is 5.91 Å². The number of hydrogen-bond donors (Lipinski definition) is 1. The van der Waals surface area contributed by atoms with Crippen molar-refractivity contribution < 1.29 is 4.79 Å². The number of rotatable bonds is 4. The highest BCUT2D eigenvalue weighted by molar-refractivity contribution is 9.11. The Labute approximate surface area is 135 Å². The van der Waals surface area contributed by atoms with Crippen molar-refractivity contribution in [2.24, 2.45) is 0 Å². The van der Waals surface area contributed by atoms with Crippen molar-refractivity contribution in [3.05, 3.63) is 68.1 Å². The zero-order chi connectivity index (χ0) is 14.5. The quantitative estimate of drug-likeness (QED) is 0.796. The number of carbonyl (C=O) groups excluding carboxylic acids is 1. The van der Waals surface area contributed by atoms with E-state index in [4.69, 9.17) is 0 Å². The lowest BCUT2D eigenvalue weighted by molar-refractivity contribution is 0.0950. The SMILES string of the molecule is CCc1ccc(CNC(=O)c2ccc(Br)cc2Br)cc1. The maximum absolute atomic E-state index is 12.1. The molecule has 1 N–H and O–H groups in total. The van der Waals surface area contributed by atoms with Gasteiger partial charge in [0.05, 0.1) is 5.56 Å². The topological polar surface area (TPSA) is 29.1 Å². The van der Waals surface area contributed by atoms with Gasteiger partial charge in [0.15, 0.2) is 0 Å². The van der Waals surface area contributed by atoms with Gasteiger partial charge in [-0.2, -0.15) is 0 Å². The predicted octanol–water partition coefficient (Wildman–Crippen LogP) is 4.70. The van der Waals surface area contributed by atoms with E-state index in [0.717, 1.165) is 20.9 Å². The fourth-order valence-electron chi connectivity index (χ4n) is 1.84. The molecule has 0 fully saturated rings. The highest BCUT2D eigenvalue weighted by atomic mass is 79.9. The van der Waals surface area contributed by atoms with E-state index in [9.17, 15) is 4.79 Å². The molecule has 0 aliphatic heterocycles. The molecule has 0 aliphatic rings. The molecule has 0 aliphatic carbocycles. The van der Waals surface area contributed by atoms with Gasteiger partial charge in [0, 0.05) is 15.5 Å². The van der Waals surface area contributed by atoms with E-state index in [1.54, 1.807) is 6.07 Å². The summed E-state index contributed by atoms with van der Waals surface area (Å²) in [5, 5.41) is 2.93. The molecule has 0 saturated carbocycles. The fourth-order valence-corrected chi connectivity index (χ4v) is 3.07. The van der Waals surface area contributed by atoms with E-state index in [2.05, 4.69) is 68.4 Å². The molecule has 1 amide bonds. The largest absolute Gasteiger partial charge is 0.348 e. The number of carbonyl (C=O) groups is 1. The van der Waals surface area contributed by atoms with Gasteiger partial charge in [-0.15, -0.1) is 0 Å². The van der Waals surface area contributed by atoms with Crippen LogP contribution < -0.4 is 5.32 Å². The highest BCUT2D eigenvalue weighted by Gasteiger charge is 2.09. The summed E-state index contributed by atoms with van der Waals surface area (Å²) in [6, 6.07) is 13.8. The molecule has 0 saturated heterocycles. The number of nitrogens with one attached hydrogen (secondary N) is 1. The van der Waals surface area contributed by atoms with Crippen molar-refractivity contribution in [2.75, 3.05) is 0 Å². The first kappa shape index (κ1) is 15.3. The lowest BCUT2D eigenvalue weighted by Crippen LogP contribution is -2.23. The molecule has 2 aromatic rings. The molecule has 104 valence electrons. The maximum Gasteiger partial charge on any atom is 0.252 e. The first-order valence-electron chi connectivity index (χ1n) is 6.41. The Balaban J connectivity index is 2.00. The third-order valence-corrected chi connectivity index (χ3v) is 4.21. The van der Waals surface area contributed by atoms with Gasteiger partial charge in [0.1, 0.15) is 0 Å². The van der Waals surface area contributed by atoms with Crippen LogP contribution in [0.25, 0.3) is 0 Å². The average molecular weight is 397 g/mol. The number of aryl methyl sites for hydroxylation is 1. The summed E-state index contributed by atoms with van der Waals surface area (Å²) in [6.07, 6.45) is 1.03. The molecule has 2 nitrogen and oxygen atoms in total. The Morgan fingerprint density at radius 1 is 1.05 bits per heavy atom. The summed E-state index contributed by atoms with van der Waals surface area (Å²) < 4.78 is 1.72. The second-order valence-electron chi connectivity index (χ2n) is 4.48. The summed E-state index contributed by atoms with van der Waals surface area (Å²) in [6.45, 7) is 2.66. The monoisotopic (exact) mass is 395 g/mol. The third-order valence-electron chi connectivity index (χ3n) is 3.06. The Morgan fingerprint density at radius 2 is 1.70 bits per heavy atom. The van der Waals surface area contributed by atoms with Crippen LogP contribution in [0, 0.1) is 0 Å². The minimum Gasteiger partial charge on any atom is -0.348 e. The van der Waals surface area contributed by atoms with Crippen molar-refractivity contribution in [1.82, 2.24) is 5.32 Å². The number of hydrogen-bond acceptors (Lipinski definition) is 1. The van der Waals surface area contributed by atoms with Crippen LogP contribution in [0.4, 0.5) is 0 Å². The maximum atomic E-state index is 12.1. The van der Waals surface area contributed by atoms with Crippen LogP contribution in [-0.4, -0.2) is 5.91 Å². The van der Waals surface area contributed by atoms with Crippen molar-refractivity contribution in [1.29, 1.82) is 0 Å². The van der Waals surface area contributed by atoms with Crippen molar-refractivity contribution in [2.45, 2.75) is 19.9 Å². The molecule has 0 bridgehead atoms. The predicted molar refractivity (Wildman–Crippen MR) is 88.8 cm³/mol. The summed E-state index contributed by atoms with van der Waals surface area (Å²) in [7, 11) is 0. The lowest BCUT2D eigenvalue weighted by Gasteiger charge is -2.08. The van der Waals surface area contributed by atoms with E-state index < -0.39 is 0 Å². The average Bonchev–Trinajstić information content (AvgIpc) is 2.45. The van der Waals surface area contributed by atoms with Crippen LogP contribution in [0.3, 0.4) is 0 Å². The van der Waals surface area contributed by atoms with E-state index in [-0.39, 0.29) is 5.91 Å². The van der Waals surface area contributed by atoms with E-state index in [0.29, 0.717) is 12.1 Å². The normalized spacial score (nSPS) is 10.3. The molecule has 0 heterocycles. The number of halogens is 2. The first-order chi connectivity index (χ1) is 9.60. The second-order valence-corrected chi connectivity index (χ2v) is 6.25. The molecule has 0 aromatic heterocycles. The summed E-state index contributed by atoms with van der Waals surface area (Å²) in [5.74, 6) is -0.0797. The fraction of sp³-hybridized carbons (Fsp3) is 0.188. The van der Waals surface area contributed by atoms with Crippen LogP contribution in [0.5, 0.6) is 0 Å². The number of amides is 1. The zero-order valence-electron chi connectivity index (χ0n) is 11.1. The van der Waals surface area contributed by atoms with Crippen LogP contribution in [0.1, 0.15) is 28.4 Å². The first-order valence-corrected chi connectivity index (χ1v) is 8.00. The molecule has 2 rings (SSSR count). The summed E-state index contributed by atoms with van der Waals surface area (Å²) >= 11 is 6.77. The minimum atomic E-state index is -0.0797. The van der Waals surface area contributed by atoms with Gasteiger partial charge < -0.3 is 5.32 Å². The van der Waals surface area contributed by atoms with Crippen LogP contribution in [0.2, 0.25) is 0 Å². The van der Waals surface area contributed by atoms with E-state index in [1.807, 2.05) is 12.1 Å². The van der Waals surface area contributed by atoms with Crippen LogP contribution in [0.15, 0.2) is 51.4 Å². The van der Waals surface area contributed by atoms with Gasteiger partial charge in [-0.1, -0.05) is 47.1 Å². The molecule has 0 atom stereocenters. The molecule has 2 aromatic carbocycles. The van der Waals surface area contributed by atoms with Crippen LogP contribution in [-0.2, 0) is 13.0 Å². The molecule has 0 radical (unpaired) electrons. The van der Waals surface area contributed by atoms with E-state index >= 15 is 0 Å². The number of benzene rings is 2. The van der Waals surface area contributed by atoms with Crippen molar-refractivity contribution in [3.8, 4) is 0 Å². The molecule has 20 heavy (non-hydrogen) atoms. The molecular formula is C16H15Br2NO. The summed E-state index contributed by atoms with van der Waals surface area (Å²) in [5.41, 5.74) is 3.04. The Kier molecular flexibility index (Phi) is 5.38. The molecular weight excluding hydrogens is 382 g/mol.